The number of rotatable bonds is 6. The summed E-state index contributed by atoms with van der Waals surface area (Å²) in [7, 11) is 0. The van der Waals surface area contributed by atoms with Crippen molar-refractivity contribution in [1.29, 1.82) is 0 Å². The van der Waals surface area contributed by atoms with E-state index in [4.69, 9.17) is 0 Å². The Labute approximate surface area is 161 Å². The molecule has 1 heterocycles. The number of hydrogen-bond donors (Lipinski definition) is 1. The first-order chi connectivity index (χ1) is 13.1. The van der Waals surface area contributed by atoms with E-state index in [9.17, 15) is 9.18 Å². The molecule has 1 atom stereocenters. The summed E-state index contributed by atoms with van der Waals surface area (Å²) in [6.45, 7) is 2.06. The van der Waals surface area contributed by atoms with Crippen molar-refractivity contribution in [2.75, 3.05) is 5.75 Å². The third kappa shape index (κ3) is 4.11. The molecule has 1 saturated carbocycles. The largest absolute Gasteiger partial charge is 0.353 e. The van der Waals surface area contributed by atoms with Crippen LogP contribution in [0, 0.1) is 11.7 Å². The Morgan fingerprint density at radius 3 is 2.56 bits per heavy atom. The smallest absolute Gasteiger partial charge is 0.230 e. The van der Waals surface area contributed by atoms with E-state index in [-0.39, 0.29) is 17.8 Å². The average molecular weight is 381 g/mol. The van der Waals surface area contributed by atoms with E-state index in [2.05, 4.69) is 22.4 Å². The number of halogens is 1. The van der Waals surface area contributed by atoms with Gasteiger partial charge in [0.25, 0.3) is 0 Å². The van der Waals surface area contributed by atoms with Crippen molar-refractivity contribution < 1.29 is 9.18 Å². The number of thioether (sulfide) groups is 1. The summed E-state index contributed by atoms with van der Waals surface area (Å²) >= 11 is 1.39. The zero-order valence-electron chi connectivity index (χ0n) is 15.0. The van der Waals surface area contributed by atoms with Gasteiger partial charge in [-0.15, -0.1) is 10.2 Å². The Morgan fingerprint density at radius 2 is 1.85 bits per heavy atom. The zero-order valence-corrected chi connectivity index (χ0v) is 15.8. The lowest BCUT2D eigenvalue weighted by molar-refractivity contribution is -0.119. The minimum absolute atomic E-state index is 0.0212. The highest BCUT2D eigenvalue weighted by molar-refractivity contribution is 8.00. The predicted molar refractivity (Wildman–Crippen MR) is 106 cm³/mol. The van der Waals surface area contributed by atoms with Crippen molar-refractivity contribution in [3.05, 3.63) is 54.3 Å². The SMILES string of the molecule is C[C@H](NC(=O)CSc1nnc(-c2ccc(F)cc2)c2ccccc12)C1CC1. The number of benzene rings is 2. The molecule has 1 N–H and O–H groups in total. The van der Waals surface area contributed by atoms with Crippen LogP contribution in [0.15, 0.2) is 53.6 Å². The summed E-state index contributed by atoms with van der Waals surface area (Å²) in [5.41, 5.74) is 1.52. The van der Waals surface area contributed by atoms with E-state index < -0.39 is 0 Å². The Kier molecular flexibility index (Phi) is 5.07. The van der Waals surface area contributed by atoms with Gasteiger partial charge in [0.2, 0.25) is 5.91 Å². The minimum atomic E-state index is -0.283. The molecule has 0 radical (unpaired) electrons. The molecular weight excluding hydrogens is 361 g/mol. The fourth-order valence-corrected chi connectivity index (χ4v) is 3.93. The molecule has 138 valence electrons. The van der Waals surface area contributed by atoms with Crippen molar-refractivity contribution in [2.24, 2.45) is 5.92 Å². The van der Waals surface area contributed by atoms with E-state index in [1.165, 1.54) is 36.7 Å². The van der Waals surface area contributed by atoms with Crippen molar-refractivity contribution >= 4 is 28.4 Å². The third-order valence-electron chi connectivity index (χ3n) is 4.83. The number of nitrogens with one attached hydrogen (secondary N) is 1. The Morgan fingerprint density at radius 1 is 1.15 bits per heavy atom. The first kappa shape index (κ1) is 17.9. The van der Waals surface area contributed by atoms with Crippen LogP contribution in [0.25, 0.3) is 22.0 Å². The second-order valence-corrected chi connectivity index (χ2v) is 7.85. The van der Waals surface area contributed by atoms with E-state index in [1.54, 1.807) is 12.1 Å². The lowest BCUT2D eigenvalue weighted by Crippen LogP contribution is -2.35. The topological polar surface area (TPSA) is 54.9 Å². The molecule has 0 saturated heterocycles. The highest BCUT2D eigenvalue weighted by Gasteiger charge is 2.28. The van der Waals surface area contributed by atoms with Gasteiger partial charge in [0.15, 0.2) is 0 Å². The molecule has 0 aliphatic heterocycles. The van der Waals surface area contributed by atoms with Gasteiger partial charge in [-0.3, -0.25) is 4.79 Å². The fraction of sp³-hybridized carbons (Fsp3) is 0.286. The number of carbonyl (C=O) groups excluding carboxylic acids is 1. The molecule has 0 bridgehead atoms. The van der Waals surface area contributed by atoms with Crippen LogP contribution in [0.4, 0.5) is 4.39 Å². The maximum atomic E-state index is 13.2. The molecular formula is C21H20FN3OS. The van der Waals surface area contributed by atoms with Crippen LogP contribution >= 0.6 is 11.8 Å². The summed E-state index contributed by atoms with van der Waals surface area (Å²) in [6.07, 6.45) is 2.41. The van der Waals surface area contributed by atoms with Crippen LogP contribution in [-0.4, -0.2) is 27.9 Å². The molecule has 1 aliphatic rings. The van der Waals surface area contributed by atoms with Gasteiger partial charge in [0, 0.05) is 22.4 Å². The summed E-state index contributed by atoms with van der Waals surface area (Å²) in [5, 5.41) is 14.4. The van der Waals surface area contributed by atoms with Crippen LogP contribution in [0.1, 0.15) is 19.8 Å². The van der Waals surface area contributed by atoms with Gasteiger partial charge >= 0.3 is 0 Å². The van der Waals surface area contributed by atoms with Gasteiger partial charge in [-0.2, -0.15) is 0 Å². The number of nitrogens with zero attached hydrogens (tertiary/aromatic N) is 2. The van der Waals surface area contributed by atoms with Crippen molar-refractivity contribution in [2.45, 2.75) is 30.8 Å². The van der Waals surface area contributed by atoms with Gasteiger partial charge in [-0.1, -0.05) is 36.0 Å². The lowest BCUT2D eigenvalue weighted by Gasteiger charge is -2.13. The van der Waals surface area contributed by atoms with Gasteiger partial charge < -0.3 is 5.32 Å². The molecule has 0 spiro atoms. The van der Waals surface area contributed by atoms with Gasteiger partial charge in [-0.25, -0.2) is 4.39 Å². The maximum Gasteiger partial charge on any atom is 0.230 e. The van der Waals surface area contributed by atoms with Crippen molar-refractivity contribution in [3.8, 4) is 11.3 Å². The number of aromatic nitrogens is 2. The monoisotopic (exact) mass is 381 g/mol. The zero-order chi connectivity index (χ0) is 18.8. The molecule has 1 aromatic heterocycles. The highest BCUT2D eigenvalue weighted by Crippen LogP contribution is 2.33. The average Bonchev–Trinajstić information content (AvgIpc) is 3.52. The van der Waals surface area contributed by atoms with E-state index in [0.29, 0.717) is 17.4 Å². The van der Waals surface area contributed by atoms with Crippen LogP contribution in [0.2, 0.25) is 0 Å². The standard InChI is InChI=1S/C21H20FN3OS/c1-13(14-6-7-14)23-19(26)12-27-21-18-5-3-2-4-17(18)20(24-25-21)15-8-10-16(22)11-9-15/h2-5,8-11,13-14H,6-7,12H2,1H3,(H,23,26)/t13-/m0/s1. The van der Waals surface area contributed by atoms with E-state index >= 15 is 0 Å². The third-order valence-corrected chi connectivity index (χ3v) is 5.81. The van der Waals surface area contributed by atoms with Crippen LogP contribution in [0.3, 0.4) is 0 Å². The molecule has 4 rings (SSSR count). The Balaban J connectivity index is 1.56. The van der Waals surface area contributed by atoms with Crippen LogP contribution in [-0.2, 0) is 4.79 Å². The first-order valence-electron chi connectivity index (χ1n) is 9.05. The highest BCUT2D eigenvalue weighted by atomic mass is 32.2. The lowest BCUT2D eigenvalue weighted by atomic mass is 10.1. The molecule has 3 aromatic rings. The van der Waals surface area contributed by atoms with Gasteiger partial charge in [-0.05, 0) is 49.9 Å². The molecule has 27 heavy (non-hydrogen) atoms. The minimum Gasteiger partial charge on any atom is -0.353 e. The fourth-order valence-electron chi connectivity index (χ4n) is 3.15. The number of amides is 1. The van der Waals surface area contributed by atoms with Crippen molar-refractivity contribution in [1.82, 2.24) is 15.5 Å². The summed E-state index contributed by atoms with van der Waals surface area (Å²) < 4.78 is 13.2. The Hall–Kier alpha value is -2.47. The number of carbonyl (C=O) groups is 1. The molecule has 6 heteroatoms. The molecule has 1 aliphatic carbocycles. The Bertz CT molecular complexity index is 973. The molecule has 0 unspecified atom stereocenters. The first-order valence-corrected chi connectivity index (χ1v) is 10.0. The summed E-state index contributed by atoms with van der Waals surface area (Å²) in [5.74, 6) is 0.683. The quantitative estimate of drug-likeness (QED) is 0.641. The predicted octanol–water partition coefficient (Wildman–Crippen LogP) is 4.44. The van der Waals surface area contributed by atoms with E-state index in [0.717, 1.165) is 21.4 Å². The van der Waals surface area contributed by atoms with Crippen LogP contribution < -0.4 is 5.32 Å². The summed E-state index contributed by atoms with van der Waals surface area (Å²) in [4.78, 5) is 12.2. The molecule has 4 nitrogen and oxygen atoms in total. The number of hydrogen-bond acceptors (Lipinski definition) is 4. The van der Waals surface area contributed by atoms with Gasteiger partial charge in [0.1, 0.15) is 16.5 Å². The maximum absolute atomic E-state index is 13.2. The second kappa shape index (κ2) is 7.64. The second-order valence-electron chi connectivity index (χ2n) is 6.89. The molecule has 1 fully saturated rings. The van der Waals surface area contributed by atoms with Crippen molar-refractivity contribution in [3.63, 3.8) is 0 Å². The number of fused-ring (bicyclic) bond motifs is 1. The molecule has 1 amide bonds. The van der Waals surface area contributed by atoms with Crippen LogP contribution in [0.5, 0.6) is 0 Å². The van der Waals surface area contributed by atoms with E-state index in [1.807, 2.05) is 24.3 Å². The van der Waals surface area contributed by atoms with Gasteiger partial charge in [0.05, 0.1) is 5.75 Å². The summed E-state index contributed by atoms with van der Waals surface area (Å²) in [6, 6.07) is 14.3. The normalized spacial score (nSPS) is 14.9. The molecule has 2 aromatic carbocycles.